The fraction of sp³-hybridized carbons (Fsp3) is 0.333. The number of pyridine rings is 2. The maximum Gasteiger partial charge on any atom is 0.220 e. The summed E-state index contributed by atoms with van der Waals surface area (Å²) in [6.07, 6.45) is 9.07. The molecule has 0 aliphatic heterocycles. The predicted octanol–water partition coefficient (Wildman–Crippen LogP) is 1.97. The second-order valence-corrected chi connectivity index (χ2v) is 5.47. The minimum Gasteiger partial charge on any atom is -0.352 e. The highest BCUT2D eigenvalue weighted by Crippen LogP contribution is 2.02. The first kappa shape index (κ1) is 17.6. The molecule has 2 heterocycles. The van der Waals surface area contributed by atoms with Crippen molar-refractivity contribution in [2.24, 2.45) is 0 Å². The first-order valence-corrected chi connectivity index (χ1v) is 8.05. The topological polar surface area (TPSA) is 84.0 Å². The molecule has 0 aliphatic carbocycles. The molecule has 2 aromatic heterocycles. The lowest BCUT2D eigenvalue weighted by molar-refractivity contribution is -0.123. The zero-order chi connectivity index (χ0) is 17.0. The Morgan fingerprint density at radius 2 is 1.08 bits per heavy atom. The SMILES string of the molecule is O=C(CCCCC(=O)NCc1ccncc1)NCc1ccncc1. The van der Waals surface area contributed by atoms with Crippen LogP contribution in [-0.2, 0) is 22.7 Å². The van der Waals surface area contributed by atoms with E-state index in [-0.39, 0.29) is 11.8 Å². The van der Waals surface area contributed by atoms with E-state index in [1.54, 1.807) is 24.8 Å². The maximum atomic E-state index is 11.7. The molecule has 2 N–H and O–H groups in total. The molecule has 0 atom stereocenters. The number of nitrogens with one attached hydrogen (secondary N) is 2. The lowest BCUT2D eigenvalue weighted by Gasteiger charge is -2.06. The zero-order valence-corrected chi connectivity index (χ0v) is 13.6. The number of amides is 2. The van der Waals surface area contributed by atoms with E-state index in [0.717, 1.165) is 11.1 Å². The number of hydrogen-bond donors (Lipinski definition) is 2. The van der Waals surface area contributed by atoms with E-state index in [1.807, 2.05) is 24.3 Å². The molecule has 2 rings (SSSR count). The molecule has 0 fully saturated rings. The van der Waals surface area contributed by atoms with Crippen LogP contribution < -0.4 is 10.6 Å². The fourth-order valence-corrected chi connectivity index (χ4v) is 2.15. The monoisotopic (exact) mass is 326 g/mol. The molecule has 0 bridgehead atoms. The molecule has 126 valence electrons. The summed E-state index contributed by atoms with van der Waals surface area (Å²) in [6, 6.07) is 7.47. The second-order valence-electron chi connectivity index (χ2n) is 5.47. The van der Waals surface area contributed by atoms with Gasteiger partial charge in [0.25, 0.3) is 0 Å². The van der Waals surface area contributed by atoms with Crippen LogP contribution >= 0.6 is 0 Å². The van der Waals surface area contributed by atoms with Crippen molar-refractivity contribution in [2.45, 2.75) is 38.8 Å². The van der Waals surface area contributed by atoms with Crippen LogP contribution in [0.4, 0.5) is 0 Å². The summed E-state index contributed by atoms with van der Waals surface area (Å²) in [5.41, 5.74) is 2.04. The van der Waals surface area contributed by atoms with Crippen LogP contribution in [0.25, 0.3) is 0 Å². The molecular formula is C18H22N4O2. The average Bonchev–Trinajstić information content (AvgIpc) is 2.63. The number of carbonyl (C=O) groups excluding carboxylic acids is 2. The molecule has 24 heavy (non-hydrogen) atoms. The molecule has 6 nitrogen and oxygen atoms in total. The molecule has 0 aromatic carbocycles. The van der Waals surface area contributed by atoms with Gasteiger partial charge in [-0.3, -0.25) is 19.6 Å². The van der Waals surface area contributed by atoms with E-state index in [2.05, 4.69) is 20.6 Å². The molecule has 2 amide bonds. The zero-order valence-electron chi connectivity index (χ0n) is 13.6. The van der Waals surface area contributed by atoms with Gasteiger partial charge in [0, 0.05) is 50.7 Å². The molecule has 0 saturated carbocycles. The Labute approximate surface area is 141 Å². The third kappa shape index (κ3) is 7.00. The summed E-state index contributed by atoms with van der Waals surface area (Å²) in [4.78, 5) is 31.3. The summed E-state index contributed by atoms with van der Waals surface area (Å²) in [6.45, 7) is 1.02. The van der Waals surface area contributed by atoms with Gasteiger partial charge < -0.3 is 10.6 Å². The van der Waals surface area contributed by atoms with E-state index in [4.69, 9.17) is 0 Å². The average molecular weight is 326 g/mol. The molecule has 0 unspecified atom stereocenters. The molecule has 0 saturated heterocycles. The molecule has 0 radical (unpaired) electrons. The van der Waals surface area contributed by atoms with Gasteiger partial charge in [-0.1, -0.05) is 0 Å². The Hall–Kier alpha value is -2.76. The van der Waals surface area contributed by atoms with Gasteiger partial charge >= 0.3 is 0 Å². The molecule has 0 spiro atoms. The van der Waals surface area contributed by atoms with Gasteiger partial charge in [0.2, 0.25) is 11.8 Å². The van der Waals surface area contributed by atoms with Gasteiger partial charge in [-0.2, -0.15) is 0 Å². The van der Waals surface area contributed by atoms with E-state index in [1.165, 1.54) is 0 Å². The number of nitrogens with zero attached hydrogens (tertiary/aromatic N) is 2. The fourth-order valence-electron chi connectivity index (χ4n) is 2.15. The number of carbonyl (C=O) groups is 2. The predicted molar refractivity (Wildman–Crippen MR) is 90.6 cm³/mol. The van der Waals surface area contributed by atoms with Crippen molar-refractivity contribution in [1.82, 2.24) is 20.6 Å². The molecule has 0 aliphatic rings. The van der Waals surface area contributed by atoms with Crippen molar-refractivity contribution >= 4 is 11.8 Å². The summed E-state index contributed by atoms with van der Waals surface area (Å²) in [5.74, 6) is 0.00742. The summed E-state index contributed by atoms with van der Waals surface area (Å²) >= 11 is 0. The van der Waals surface area contributed by atoms with Crippen LogP contribution in [-0.4, -0.2) is 21.8 Å². The van der Waals surface area contributed by atoms with Crippen molar-refractivity contribution in [3.05, 3.63) is 60.2 Å². The van der Waals surface area contributed by atoms with Crippen LogP contribution in [0.5, 0.6) is 0 Å². The van der Waals surface area contributed by atoms with Gasteiger partial charge in [0.15, 0.2) is 0 Å². The Bertz CT molecular complexity index is 574. The van der Waals surface area contributed by atoms with Crippen LogP contribution in [0.15, 0.2) is 49.1 Å². The van der Waals surface area contributed by atoms with E-state index < -0.39 is 0 Å². The molecule has 2 aromatic rings. The van der Waals surface area contributed by atoms with Crippen LogP contribution in [0.1, 0.15) is 36.8 Å². The first-order chi connectivity index (χ1) is 11.7. The highest BCUT2D eigenvalue weighted by molar-refractivity contribution is 5.77. The van der Waals surface area contributed by atoms with Crippen molar-refractivity contribution in [3.8, 4) is 0 Å². The smallest absolute Gasteiger partial charge is 0.220 e. The van der Waals surface area contributed by atoms with Gasteiger partial charge in [0.05, 0.1) is 0 Å². The van der Waals surface area contributed by atoms with Crippen LogP contribution in [0.3, 0.4) is 0 Å². The minimum absolute atomic E-state index is 0.00371. The highest BCUT2D eigenvalue weighted by atomic mass is 16.2. The van der Waals surface area contributed by atoms with Gasteiger partial charge in [-0.15, -0.1) is 0 Å². The van der Waals surface area contributed by atoms with E-state index in [9.17, 15) is 9.59 Å². The third-order valence-corrected chi connectivity index (χ3v) is 3.54. The summed E-state index contributed by atoms with van der Waals surface area (Å²) in [5, 5.41) is 5.72. The maximum absolute atomic E-state index is 11.7. The number of unbranched alkanes of at least 4 members (excludes halogenated alkanes) is 1. The Morgan fingerprint density at radius 1 is 0.708 bits per heavy atom. The minimum atomic E-state index is 0.00371. The molecule has 6 heteroatoms. The van der Waals surface area contributed by atoms with Crippen molar-refractivity contribution in [3.63, 3.8) is 0 Å². The lowest BCUT2D eigenvalue weighted by atomic mass is 10.1. The van der Waals surface area contributed by atoms with Gasteiger partial charge in [-0.25, -0.2) is 0 Å². The summed E-state index contributed by atoms with van der Waals surface area (Å²) in [7, 11) is 0. The number of aromatic nitrogens is 2. The Kier molecular flexibility index (Phi) is 7.40. The Balaban J connectivity index is 1.52. The lowest BCUT2D eigenvalue weighted by Crippen LogP contribution is -2.23. The Morgan fingerprint density at radius 3 is 1.46 bits per heavy atom. The van der Waals surface area contributed by atoms with Crippen LogP contribution in [0.2, 0.25) is 0 Å². The first-order valence-electron chi connectivity index (χ1n) is 8.05. The van der Waals surface area contributed by atoms with Crippen molar-refractivity contribution in [1.29, 1.82) is 0 Å². The number of hydrogen-bond acceptors (Lipinski definition) is 4. The van der Waals surface area contributed by atoms with Gasteiger partial charge in [-0.05, 0) is 48.2 Å². The highest BCUT2D eigenvalue weighted by Gasteiger charge is 2.04. The number of rotatable bonds is 9. The third-order valence-electron chi connectivity index (χ3n) is 3.54. The molecular weight excluding hydrogens is 304 g/mol. The van der Waals surface area contributed by atoms with E-state index >= 15 is 0 Å². The van der Waals surface area contributed by atoms with Crippen molar-refractivity contribution < 1.29 is 9.59 Å². The van der Waals surface area contributed by atoms with Gasteiger partial charge in [0.1, 0.15) is 0 Å². The second kappa shape index (κ2) is 10.1. The largest absolute Gasteiger partial charge is 0.352 e. The quantitative estimate of drug-likeness (QED) is 0.690. The normalized spacial score (nSPS) is 10.2. The van der Waals surface area contributed by atoms with E-state index in [0.29, 0.717) is 38.8 Å². The standard InChI is InChI=1S/C18H22N4O2/c23-17(21-13-15-5-9-19-10-6-15)3-1-2-4-18(24)22-14-16-7-11-20-12-8-16/h5-12H,1-4,13-14H2,(H,21,23)(H,22,24). The van der Waals surface area contributed by atoms with Crippen LogP contribution in [0, 0.1) is 0 Å². The summed E-state index contributed by atoms with van der Waals surface area (Å²) < 4.78 is 0. The van der Waals surface area contributed by atoms with Crippen molar-refractivity contribution in [2.75, 3.05) is 0 Å².